The van der Waals surface area contributed by atoms with Crippen LogP contribution in [0.1, 0.15) is 31.0 Å². The molecule has 0 fully saturated rings. The molecule has 0 unspecified atom stereocenters. The van der Waals surface area contributed by atoms with E-state index in [0.717, 1.165) is 27.4 Å². The fraction of sp³-hybridized carbons (Fsp3) is 0.357. The van der Waals surface area contributed by atoms with E-state index in [0.29, 0.717) is 12.5 Å². The van der Waals surface area contributed by atoms with Crippen molar-refractivity contribution in [2.75, 3.05) is 0 Å². The van der Waals surface area contributed by atoms with Gasteiger partial charge in [0.05, 0.1) is 5.69 Å². The molecule has 0 radical (unpaired) electrons. The third kappa shape index (κ3) is 2.42. The van der Waals surface area contributed by atoms with Crippen LogP contribution in [0.25, 0.3) is 11.1 Å². The fourth-order valence-electron chi connectivity index (χ4n) is 2.04. The Balaban J connectivity index is 2.55. The number of nitrogens with two attached hydrogens (primary N) is 1. The fourth-order valence-corrected chi connectivity index (χ4v) is 2.35. The van der Waals surface area contributed by atoms with Gasteiger partial charge in [-0.2, -0.15) is 5.10 Å². The second-order valence-electron chi connectivity index (χ2n) is 4.77. The van der Waals surface area contributed by atoms with Crippen molar-refractivity contribution in [3.05, 3.63) is 40.7 Å². The first kappa shape index (κ1) is 13.1. The zero-order chi connectivity index (χ0) is 13.3. The van der Waals surface area contributed by atoms with E-state index in [2.05, 4.69) is 18.9 Å². The van der Waals surface area contributed by atoms with E-state index < -0.39 is 0 Å². The van der Waals surface area contributed by atoms with Gasteiger partial charge in [-0.25, -0.2) is 0 Å². The van der Waals surface area contributed by atoms with Crippen LogP contribution < -0.4 is 5.73 Å². The van der Waals surface area contributed by atoms with E-state index in [9.17, 15) is 0 Å². The van der Waals surface area contributed by atoms with Gasteiger partial charge in [0.2, 0.25) is 0 Å². The van der Waals surface area contributed by atoms with Gasteiger partial charge in [0.15, 0.2) is 0 Å². The van der Waals surface area contributed by atoms with Crippen molar-refractivity contribution in [1.29, 1.82) is 0 Å². The van der Waals surface area contributed by atoms with Gasteiger partial charge in [0.1, 0.15) is 0 Å². The third-order valence-electron chi connectivity index (χ3n) is 2.96. The van der Waals surface area contributed by atoms with Gasteiger partial charge in [-0.05, 0) is 17.5 Å². The van der Waals surface area contributed by atoms with E-state index in [1.165, 1.54) is 0 Å². The van der Waals surface area contributed by atoms with Crippen LogP contribution in [0.4, 0.5) is 0 Å². The Bertz CT molecular complexity index is 558. The van der Waals surface area contributed by atoms with Crippen LogP contribution >= 0.6 is 11.6 Å². The average Bonchev–Trinajstić information content (AvgIpc) is 2.71. The molecular weight excluding hydrogens is 246 g/mol. The molecule has 4 heteroatoms. The molecule has 0 spiro atoms. The molecule has 0 saturated carbocycles. The van der Waals surface area contributed by atoms with Crippen molar-refractivity contribution in [3.8, 4) is 11.1 Å². The molecule has 0 aliphatic carbocycles. The van der Waals surface area contributed by atoms with Crippen LogP contribution in [0.3, 0.4) is 0 Å². The molecule has 0 aliphatic heterocycles. The first-order valence-corrected chi connectivity index (χ1v) is 6.43. The minimum absolute atomic E-state index is 0.367. The maximum absolute atomic E-state index is 6.34. The van der Waals surface area contributed by atoms with Crippen molar-refractivity contribution >= 4 is 11.6 Å². The number of halogens is 1. The lowest BCUT2D eigenvalue weighted by molar-refractivity contribution is 0.713. The van der Waals surface area contributed by atoms with Crippen molar-refractivity contribution in [2.45, 2.75) is 26.3 Å². The van der Waals surface area contributed by atoms with Crippen LogP contribution in [0, 0.1) is 0 Å². The Kier molecular flexibility index (Phi) is 3.73. The molecule has 18 heavy (non-hydrogen) atoms. The maximum Gasteiger partial charge on any atom is 0.0728 e. The van der Waals surface area contributed by atoms with E-state index >= 15 is 0 Å². The molecular formula is C14H18ClN3. The largest absolute Gasteiger partial charge is 0.326 e. The zero-order valence-electron chi connectivity index (χ0n) is 10.9. The lowest BCUT2D eigenvalue weighted by Gasteiger charge is -2.08. The molecule has 1 heterocycles. The van der Waals surface area contributed by atoms with Crippen LogP contribution in [-0.2, 0) is 13.6 Å². The highest BCUT2D eigenvalue weighted by molar-refractivity contribution is 6.33. The van der Waals surface area contributed by atoms with Crippen LogP contribution in [-0.4, -0.2) is 9.78 Å². The first-order valence-electron chi connectivity index (χ1n) is 6.05. The van der Waals surface area contributed by atoms with Crippen molar-refractivity contribution in [3.63, 3.8) is 0 Å². The van der Waals surface area contributed by atoms with Gasteiger partial charge in [0.25, 0.3) is 0 Å². The summed E-state index contributed by atoms with van der Waals surface area (Å²) in [5, 5.41) is 5.23. The van der Waals surface area contributed by atoms with Crippen LogP contribution in [0.15, 0.2) is 24.4 Å². The summed E-state index contributed by atoms with van der Waals surface area (Å²) >= 11 is 6.34. The molecule has 96 valence electrons. The van der Waals surface area contributed by atoms with E-state index in [4.69, 9.17) is 17.3 Å². The van der Waals surface area contributed by atoms with Gasteiger partial charge >= 0.3 is 0 Å². The van der Waals surface area contributed by atoms with Crippen molar-refractivity contribution in [2.24, 2.45) is 12.8 Å². The van der Waals surface area contributed by atoms with Crippen molar-refractivity contribution in [1.82, 2.24) is 9.78 Å². The number of benzene rings is 1. The molecule has 0 saturated heterocycles. The maximum atomic E-state index is 6.34. The Morgan fingerprint density at radius 3 is 2.61 bits per heavy atom. The minimum Gasteiger partial charge on any atom is -0.326 e. The molecule has 0 amide bonds. The summed E-state index contributed by atoms with van der Waals surface area (Å²) in [6.07, 6.45) is 2.01. The SMILES string of the molecule is CC(C)c1nn(C)cc1-c1ccc(CN)cc1Cl. The molecule has 1 aromatic heterocycles. The molecule has 0 aliphatic rings. The van der Waals surface area contributed by atoms with E-state index in [1.807, 2.05) is 36.1 Å². The Morgan fingerprint density at radius 1 is 1.33 bits per heavy atom. The second-order valence-corrected chi connectivity index (χ2v) is 5.18. The summed E-state index contributed by atoms with van der Waals surface area (Å²) in [5.74, 6) is 0.367. The minimum atomic E-state index is 0.367. The number of hydrogen-bond donors (Lipinski definition) is 1. The Morgan fingerprint density at radius 2 is 2.06 bits per heavy atom. The highest BCUT2D eigenvalue weighted by Crippen LogP contribution is 2.33. The summed E-state index contributed by atoms with van der Waals surface area (Å²) in [6, 6.07) is 5.96. The number of nitrogens with zero attached hydrogens (tertiary/aromatic N) is 2. The van der Waals surface area contributed by atoms with Gasteiger partial charge in [0, 0.05) is 35.9 Å². The molecule has 2 rings (SSSR count). The predicted octanol–water partition coefficient (Wildman–Crippen LogP) is 3.32. The highest BCUT2D eigenvalue weighted by atomic mass is 35.5. The standard InChI is InChI=1S/C14H18ClN3/c1-9(2)14-12(8-18(3)17-14)11-5-4-10(7-16)6-13(11)15/h4-6,8-9H,7,16H2,1-3H3. The summed E-state index contributed by atoms with van der Waals surface area (Å²) < 4.78 is 1.83. The molecule has 2 N–H and O–H groups in total. The summed E-state index contributed by atoms with van der Waals surface area (Å²) in [6.45, 7) is 4.77. The normalized spacial score (nSPS) is 11.2. The summed E-state index contributed by atoms with van der Waals surface area (Å²) in [7, 11) is 1.93. The monoisotopic (exact) mass is 263 g/mol. The number of aromatic nitrogens is 2. The molecule has 0 bridgehead atoms. The average molecular weight is 264 g/mol. The quantitative estimate of drug-likeness (QED) is 0.923. The smallest absolute Gasteiger partial charge is 0.0728 e. The number of aryl methyl sites for hydroxylation is 1. The number of hydrogen-bond acceptors (Lipinski definition) is 2. The molecule has 1 aromatic carbocycles. The molecule has 0 atom stereocenters. The first-order chi connectivity index (χ1) is 8.52. The van der Waals surface area contributed by atoms with Gasteiger partial charge in [-0.1, -0.05) is 37.6 Å². The van der Waals surface area contributed by atoms with Gasteiger partial charge in [-0.3, -0.25) is 4.68 Å². The second kappa shape index (κ2) is 5.12. The highest BCUT2D eigenvalue weighted by Gasteiger charge is 2.15. The van der Waals surface area contributed by atoms with E-state index in [1.54, 1.807) is 0 Å². The summed E-state index contributed by atoms with van der Waals surface area (Å²) in [5.41, 5.74) is 9.84. The topological polar surface area (TPSA) is 43.8 Å². The molecule has 3 nitrogen and oxygen atoms in total. The van der Waals surface area contributed by atoms with Crippen molar-refractivity contribution < 1.29 is 0 Å². The predicted molar refractivity (Wildman–Crippen MR) is 75.6 cm³/mol. The summed E-state index contributed by atoms with van der Waals surface area (Å²) in [4.78, 5) is 0. The van der Waals surface area contributed by atoms with Gasteiger partial charge < -0.3 is 5.73 Å². The zero-order valence-corrected chi connectivity index (χ0v) is 11.7. The third-order valence-corrected chi connectivity index (χ3v) is 3.28. The van der Waals surface area contributed by atoms with E-state index in [-0.39, 0.29) is 0 Å². The lowest BCUT2D eigenvalue weighted by Crippen LogP contribution is -1.97. The lowest BCUT2D eigenvalue weighted by atomic mass is 9.99. The van der Waals surface area contributed by atoms with Crippen LogP contribution in [0.2, 0.25) is 5.02 Å². The Hall–Kier alpha value is -1.32. The number of rotatable bonds is 3. The van der Waals surface area contributed by atoms with Gasteiger partial charge in [-0.15, -0.1) is 0 Å². The molecule has 2 aromatic rings. The Labute approximate surface area is 113 Å². The van der Waals surface area contributed by atoms with Crippen LogP contribution in [0.5, 0.6) is 0 Å².